The van der Waals surface area contributed by atoms with Crippen molar-refractivity contribution in [2.45, 2.75) is 20.4 Å². The zero-order chi connectivity index (χ0) is 17.3. The lowest BCUT2D eigenvalue weighted by Gasteiger charge is -2.34. The van der Waals surface area contributed by atoms with Crippen LogP contribution >= 0.6 is 0 Å². The zero-order valence-corrected chi connectivity index (χ0v) is 14.0. The quantitative estimate of drug-likeness (QED) is 0.852. The molecule has 1 aromatic carbocycles. The Morgan fingerprint density at radius 2 is 1.79 bits per heavy atom. The molecular weight excluding hydrogens is 308 g/mol. The van der Waals surface area contributed by atoms with Gasteiger partial charge in [0.05, 0.1) is 0 Å². The van der Waals surface area contributed by atoms with Crippen molar-refractivity contribution in [1.29, 1.82) is 0 Å². The summed E-state index contributed by atoms with van der Waals surface area (Å²) in [4.78, 5) is 27.3. The van der Waals surface area contributed by atoms with Crippen LogP contribution in [0.3, 0.4) is 0 Å². The van der Waals surface area contributed by atoms with Crippen molar-refractivity contribution in [3.63, 3.8) is 0 Å². The molecule has 1 fully saturated rings. The molecule has 6 heteroatoms. The van der Waals surface area contributed by atoms with E-state index in [1.165, 1.54) is 0 Å². The Labute approximate surface area is 140 Å². The van der Waals surface area contributed by atoms with Crippen LogP contribution < -0.4 is 5.63 Å². The van der Waals surface area contributed by atoms with Gasteiger partial charge in [-0.05, 0) is 42.7 Å². The van der Waals surface area contributed by atoms with Crippen LogP contribution in [0.15, 0.2) is 27.4 Å². The first kappa shape index (κ1) is 16.7. The molecule has 0 saturated carbocycles. The van der Waals surface area contributed by atoms with E-state index >= 15 is 0 Å². The number of amides is 1. The Balaban J connectivity index is 1.82. The Morgan fingerprint density at radius 3 is 2.46 bits per heavy atom. The summed E-state index contributed by atoms with van der Waals surface area (Å²) < 4.78 is 5.34. The number of aliphatic hydroxyl groups excluding tert-OH is 1. The van der Waals surface area contributed by atoms with Crippen molar-refractivity contribution in [1.82, 2.24) is 9.80 Å². The van der Waals surface area contributed by atoms with E-state index in [0.717, 1.165) is 35.2 Å². The zero-order valence-electron chi connectivity index (χ0n) is 14.0. The molecule has 3 rings (SSSR count). The predicted octanol–water partition coefficient (Wildman–Crippen LogP) is 1.05. The molecule has 1 aliphatic heterocycles. The van der Waals surface area contributed by atoms with E-state index in [1.54, 1.807) is 11.0 Å². The van der Waals surface area contributed by atoms with Gasteiger partial charge in [0.25, 0.3) is 0 Å². The van der Waals surface area contributed by atoms with Gasteiger partial charge in [0.15, 0.2) is 0 Å². The number of carbonyl (C=O) groups is 1. The molecule has 24 heavy (non-hydrogen) atoms. The molecular formula is C18H22N2O4. The largest absolute Gasteiger partial charge is 0.423 e. The molecule has 128 valence electrons. The van der Waals surface area contributed by atoms with Crippen LogP contribution in [0, 0.1) is 13.8 Å². The highest BCUT2D eigenvalue weighted by atomic mass is 16.4. The Kier molecular flexibility index (Phi) is 4.69. The maximum absolute atomic E-state index is 11.9. The van der Waals surface area contributed by atoms with Crippen LogP contribution in [0.1, 0.15) is 16.7 Å². The number of nitrogens with zero attached hydrogens (tertiary/aromatic N) is 2. The molecule has 1 saturated heterocycles. The minimum atomic E-state index is -0.441. The lowest BCUT2D eigenvalue weighted by molar-refractivity contribution is -0.135. The second-order valence-corrected chi connectivity index (χ2v) is 6.34. The van der Waals surface area contributed by atoms with Crippen molar-refractivity contribution >= 4 is 16.9 Å². The molecule has 0 spiro atoms. The van der Waals surface area contributed by atoms with Crippen LogP contribution in [0.5, 0.6) is 0 Å². The summed E-state index contributed by atoms with van der Waals surface area (Å²) in [5.74, 6) is -0.230. The molecule has 0 atom stereocenters. The average Bonchev–Trinajstić information content (AvgIpc) is 2.56. The van der Waals surface area contributed by atoms with Crippen molar-refractivity contribution in [3.8, 4) is 0 Å². The Bertz CT molecular complexity index is 820. The summed E-state index contributed by atoms with van der Waals surface area (Å²) in [6.07, 6.45) is 0. The fourth-order valence-electron chi connectivity index (χ4n) is 3.11. The third kappa shape index (κ3) is 3.34. The number of aryl methyl sites for hydroxylation is 2. The molecule has 1 amide bonds. The molecule has 0 unspecified atom stereocenters. The number of carbonyl (C=O) groups excluding carboxylic acids is 1. The number of rotatable bonds is 3. The number of hydrogen-bond acceptors (Lipinski definition) is 5. The normalized spacial score (nSPS) is 15.9. The summed E-state index contributed by atoms with van der Waals surface area (Å²) in [5.41, 5.74) is 3.49. The van der Waals surface area contributed by atoms with Gasteiger partial charge in [0, 0.05) is 44.2 Å². The molecule has 2 aromatic rings. The van der Waals surface area contributed by atoms with Gasteiger partial charge in [-0.1, -0.05) is 0 Å². The van der Waals surface area contributed by atoms with Crippen molar-refractivity contribution in [2.75, 3.05) is 32.8 Å². The molecule has 0 bridgehead atoms. The van der Waals surface area contributed by atoms with Crippen LogP contribution in [-0.2, 0) is 11.3 Å². The maximum atomic E-state index is 11.9. The lowest BCUT2D eigenvalue weighted by Crippen LogP contribution is -2.49. The fraction of sp³-hybridized carbons (Fsp3) is 0.444. The molecule has 0 aliphatic carbocycles. The minimum absolute atomic E-state index is 0.230. The average molecular weight is 330 g/mol. The lowest BCUT2D eigenvalue weighted by atomic mass is 10.0. The molecule has 2 heterocycles. The summed E-state index contributed by atoms with van der Waals surface area (Å²) in [5, 5.41) is 9.90. The van der Waals surface area contributed by atoms with E-state index < -0.39 is 6.61 Å². The monoisotopic (exact) mass is 330 g/mol. The van der Waals surface area contributed by atoms with Gasteiger partial charge in [-0.3, -0.25) is 9.69 Å². The van der Waals surface area contributed by atoms with Crippen LogP contribution in [0.4, 0.5) is 0 Å². The molecule has 0 radical (unpaired) electrons. The van der Waals surface area contributed by atoms with Crippen molar-refractivity contribution in [3.05, 3.63) is 45.3 Å². The molecule has 1 N–H and O–H groups in total. The SMILES string of the molecule is Cc1cc2oc(=O)cc(CN3CCN(C(=O)CO)CC3)c2cc1C. The predicted molar refractivity (Wildman–Crippen MR) is 90.9 cm³/mol. The first-order valence-corrected chi connectivity index (χ1v) is 8.13. The van der Waals surface area contributed by atoms with E-state index in [2.05, 4.69) is 11.0 Å². The first-order chi connectivity index (χ1) is 11.5. The molecule has 1 aromatic heterocycles. The number of hydrogen-bond donors (Lipinski definition) is 1. The van der Waals surface area contributed by atoms with Crippen molar-refractivity contribution in [2.24, 2.45) is 0 Å². The third-order valence-electron chi connectivity index (χ3n) is 4.70. The number of fused-ring (bicyclic) bond motifs is 1. The van der Waals surface area contributed by atoms with Crippen LogP contribution in [0.25, 0.3) is 11.0 Å². The van der Waals surface area contributed by atoms with Crippen LogP contribution in [0.2, 0.25) is 0 Å². The Hall–Kier alpha value is -2.18. The summed E-state index contributed by atoms with van der Waals surface area (Å²) in [6.45, 7) is 6.88. The smallest absolute Gasteiger partial charge is 0.336 e. The standard InChI is InChI=1S/C18H22N2O4/c1-12-7-15-14(9-18(23)24-16(15)8-13(12)2)10-19-3-5-20(6-4-19)17(22)11-21/h7-9,21H,3-6,10-11H2,1-2H3. The van der Waals surface area contributed by atoms with E-state index in [4.69, 9.17) is 9.52 Å². The van der Waals surface area contributed by atoms with Gasteiger partial charge in [-0.25, -0.2) is 4.79 Å². The second kappa shape index (κ2) is 6.75. The van der Waals surface area contributed by atoms with Gasteiger partial charge in [-0.15, -0.1) is 0 Å². The highest BCUT2D eigenvalue weighted by Gasteiger charge is 2.21. The summed E-state index contributed by atoms with van der Waals surface area (Å²) in [7, 11) is 0. The van der Waals surface area contributed by atoms with Gasteiger partial charge in [0.1, 0.15) is 12.2 Å². The summed E-state index contributed by atoms with van der Waals surface area (Å²) >= 11 is 0. The van der Waals surface area contributed by atoms with Gasteiger partial charge >= 0.3 is 5.63 Å². The fourth-order valence-corrected chi connectivity index (χ4v) is 3.11. The van der Waals surface area contributed by atoms with Crippen LogP contribution in [-0.4, -0.2) is 53.6 Å². The van der Waals surface area contributed by atoms with Gasteiger partial charge < -0.3 is 14.4 Å². The van der Waals surface area contributed by atoms with Gasteiger partial charge in [0.2, 0.25) is 5.91 Å². The highest BCUT2D eigenvalue weighted by molar-refractivity contribution is 5.82. The number of aliphatic hydroxyl groups is 1. The highest BCUT2D eigenvalue weighted by Crippen LogP contribution is 2.23. The van der Waals surface area contributed by atoms with Crippen molar-refractivity contribution < 1.29 is 14.3 Å². The van der Waals surface area contributed by atoms with E-state index in [9.17, 15) is 9.59 Å². The topological polar surface area (TPSA) is 74.0 Å². The maximum Gasteiger partial charge on any atom is 0.336 e. The third-order valence-corrected chi connectivity index (χ3v) is 4.70. The second-order valence-electron chi connectivity index (χ2n) is 6.34. The van der Waals surface area contributed by atoms with E-state index in [-0.39, 0.29) is 11.5 Å². The summed E-state index contributed by atoms with van der Waals surface area (Å²) in [6, 6.07) is 5.53. The van der Waals surface area contributed by atoms with E-state index in [0.29, 0.717) is 25.2 Å². The molecule has 1 aliphatic rings. The Morgan fingerprint density at radius 1 is 1.12 bits per heavy atom. The van der Waals surface area contributed by atoms with E-state index in [1.807, 2.05) is 19.9 Å². The minimum Gasteiger partial charge on any atom is -0.423 e. The molecule has 6 nitrogen and oxygen atoms in total. The number of piperazine rings is 1. The van der Waals surface area contributed by atoms with Gasteiger partial charge in [-0.2, -0.15) is 0 Å². The number of benzene rings is 1. The first-order valence-electron chi connectivity index (χ1n) is 8.13.